The molecule has 4 atom stereocenters. The molecule has 4 rings (SSSR count). The number of fused-ring (bicyclic) bond motifs is 3. The van der Waals surface area contributed by atoms with Gasteiger partial charge in [-0.2, -0.15) is 0 Å². The number of urea groups is 1. The molecule has 2 fully saturated rings. The summed E-state index contributed by atoms with van der Waals surface area (Å²) >= 11 is 6.27. The number of carbonyl (C=O) groups excluding carboxylic acids is 2. The van der Waals surface area contributed by atoms with Crippen molar-refractivity contribution in [3.63, 3.8) is 0 Å². The summed E-state index contributed by atoms with van der Waals surface area (Å²) in [5, 5.41) is 3.14. The van der Waals surface area contributed by atoms with E-state index >= 15 is 0 Å². The Kier molecular flexibility index (Phi) is 5.15. The van der Waals surface area contributed by atoms with Gasteiger partial charge in [0.25, 0.3) is 0 Å². The average molecular weight is 423 g/mol. The van der Waals surface area contributed by atoms with E-state index in [2.05, 4.69) is 5.32 Å². The number of nitrogens with zero attached hydrogens (tertiary/aromatic N) is 1. The number of halogens is 1. The molecule has 1 aromatic rings. The van der Waals surface area contributed by atoms with Gasteiger partial charge >= 0.3 is 12.0 Å². The van der Waals surface area contributed by atoms with Gasteiger partial charge in [0.1, 0.15) is 5.75 Å². The summed E-state index contributed by atoms with van der Waals surface area (Å²) in [6, 6.07) is 3.29. The first-order valence-corrected chi connectivity index (χ1v) is 10.4. The van der Waals surface area contributed by atoms with E-state index in [4.69, 9.17) is 25.8 Å². The zero-order valence-electron chi connectivity index (χ0n) is 17.2. The molecule has 0 aromatic heterocycles. The predicted octanol–water partition coefficient (Wildman–Crippen LogP) is 3.61. The summed E-state index contributed by atoms with van der Waals surface area (Å²) in [4.78, 5) is 26.3. The van der Waals surface area contributed by atoms with Crippen molar-refractivity contribution >= 4 is 23.6 Å². The summed E-state index contributed by atoms with van der Waals surface area (Å²) in [5.74, 6) is -0.0178. The van der Waals surface area contributed by atoms with Crippen molar-refractivity contribution in [3.05, 3.63) is 28.3 Å². The molecule has 158 valence electrons. The van der Waals surface area contributed by atoms with Crippen molar-refractivity contribution in [1.29, 1.82) is 0 Å². The van der Waals surface area contributed by atoms with Crippen LogP contribution in [0.25, 0.3) is 0 Å². The number of ether oxygens (including phenoxy) is 3. The minimum absolute atomic E-state index is 0.0378. The maximum Gasteiger partial charge on any atom is 0.338 e. The van der Waals surface area contributed by atoms with E-state index in [-0.39, 0.29) is 18.1 Å². The monoisotopic (exact) mass is 422 g/mol. The molecular formula is C21H27ClN2O5. The summed E-state index contributed by atoms with van der Waals surface area (Å²) in [5.41, 5.74) is 1.02. The molecule has 1 aromatic carbocycles. The topological polar surface area (TPSA) is 77.1 Å². The van der Waals surface area contributed by atoms with Crippen molar-refractivity contribution in [3.8, 4) is 5.75 Å². The van der Waals surface area contributed by atoms with E-state index in [1.165, 1.54) is 7.11 Å². The van der Waals surface area contributed by atoms with Gasteiger partial charge in [-0.1, -0.05) is 11.6 Å². The highest BCUT2D eigenvalue weighted by Gasteiger charge is 2.56. The third-order valence-corrected chi connectivity index (χ3v) is 6.80. The zero-order chi connectivity index (χ0) is 20.9. The van der Waals surface area contributed by atoms with Gasteiger partial charge in [0.2, 0.25) is 5.79 Å². The zero-order valence-corrected chi connectivity index (χ0v) is 17.9. The van der Waals surface area contributed by atoms with E-state index in [9.17, 15) is 9.59 Å². The Balaban J connectivity index is 1.66. The lowest BCUT2D eigenvalue weighted by Gasteiger charge is -2.49. The Morgan fingerprint density at radius 1 is 1.28 bits per heavy atom. The standard InChI is InChI=1S/C21H27ClN2O5/c1-11-17-15(19(25)27-4)7-14(22)8-16(17)29-21(2,28-11)18-12-5-6-13(18)10-24(9-12)20(26)23-3/h7-8,11-13,18H,5-6,9-10H2,1-4H3,(H,23,26). The number of benzene rings is 1. The number of rotatable bonds is 2. The van der Waals surface area contributed by atoms with Crippen LogP contribution in [0.2, 0.25) is 5.02 Å². The van der Waals surface area contributed by atoms with Crippen LogP contribution in [-0.4, -0.2) is 49.9 Å². The number of likely N-dealkylation sites (tertiary alicyclic amines) is 1. The van der Waals surface area contributed by atoms with E-state index in [1.54, 1.807) is 19.2 Å². The van der Waals surface area contributed by atoms with Gasteiger partial charge in [0, 0.05) is 43.6 Å². The fraction of sp³-hybridized carbons (Fsp3) is 0.619. The molecule has 3 aliphatic rings. The molecule has 29 heavy (non-hydrogen) atoms. The van der Waals surface area contributed by atoms with E-state index in [1.807, 2.05) is 18.7 Å². The summed E-state index contributed by atoms with van der Waals surface area (Å²) in [7, 11) is 3.00. The SMILES string of the molecule is CNC(=O)N1CC2CCC(C1)C2C1(C)Oc2cc(Cl)cc(C(=O)OC)c2C(C)O1. The fourth-order valence-corrected chi connectivity index (χ4v) is 5.79. The molecular weight excluding hydrogens is 396 g/mol. The Bertz CT molecular complexity index is 833. The molecule has 1 saturated heterocycles. The molecule has 2 heterocycles. The Morgan fingerprint density at radius 3 is 2.52 bits per heavy atom. The number of carbonyl (C=O) groups is 2. The first-order chi connectivity index (χ1) is 13.8. The van der Waals surface area contributed by atoms with Crippen LogP contribution in [-0.2, 0) is 9.47 Å². The molecule has 2 amide bonds. The van der Waals surface area contributed by atoms with Crippen LogP contribution >= 0.6 is 11.6 Å². The van der Waals surface area contributed by atoms with Gasteiger partial charge in [-0.05, 0) is 43.7 Å². The maximum absolute atomic E-state index is 12.3. The fourth-order valence-electron chi connectivity index (χ4n) is 5.58. The molecule has 1 aliphatic carbocycles. The Hall–Kier alpha value is -1.99. The number of hydrogen-bond donors (Lipinski definition) is 1. The minimum Gasteiger partial charge on any atom is -0.465 e. The number of esters is 1. The quantitative estimate of drug-likeness (QED) is 0.737. The number of nitrogens with one attached hydrogen (secondary N) is 1. The maximum atomic E-state index is 12.3. The van der Waals surface area contributed by atoms with Crippen molar-refractivity contribution in [2.24, 2.45) is 17.8 Å². The molecule has 0 spiro atoms. The van der Waals surface area contributed by atoms with Crippen molar-refractivity contribution < 1.29 is 23.8 Å². The second kappa shape index (κ2) is 7.36. The first kappa shape index (κ1) is 20.3. The van der Waals surface area contributed by atoms with Gasteiger partial charge in [-0.25, -0.2) is 9.59 Å². The minimum atomic E-state index is -0.856. The average Bonchev–Trinajstić information content (AvgIpc) is 2.96. The first-order valence-electron chi connectivity index (χ1n) is 10.0. The van der Waals surface area contributed by atoms with Crippen molar-refractivity contribution in [2.75, 3.05) is 27.2 Å². The molecule has 4 unspecified atom stereocenters. The van der Waals surface area contributed by atoms with Crippen LogP contribution in [0, 0.1) is 17.8 Å². The second-order valence-corrected chi connectivity index (χ2v) is 8.75. The smallest absolute Gasteiger partial charge is 0.338 e. The van der Waals surface area contributed by atoms with E-state index < -0.39 is 11.8 Å². The highest BCUT2D eigenvalue weighted by molar-refractivity contribution is 6.31. The third-order valence-electron chi connectivity index (χ3n) is 6.58. The van der Waals surface area contributed by atoms with Gasteiger partial charge in [0.05, 0.1) is 18.8 Å². The number of hydrogen-bond acceptors (Lipinski definition) is 5. The lowest BCUT2D eigenvalue weighted by atomic mass is 9.78. The van der Waals surface area contributed by atoms with Crippen LogP contribution in [0.4, 0.5) is 4.79 Å². The van der Waals surface area contributed by atoms with Crippen LogP contribution < -0.4 is 10.1 Å². The molecule has 2 bridgehead atoms. The lowest BCUT2D eigenvalue weighted by molar-refractivity contribution is -0.262. The Labute approximate surface area is 175 Å². The van der Waals surface area contributed by atoms with Crippen molar-refractivity contribution in [2.45, 2.75) is 38.6 Å². The molecule has 1 N–H and O–H groups in total. The van der Waals surface area contributed by atoms with Crippen molar-refractivity contribution in [1.82, 2.24) is 10.2 Å². The molecule has 0 radical (unpaired) electrons. The van der Waals surface area contributed by atoms with Crippen LogP contribution in [0.1, 0.15) is 48.7 Å². The highest BCUT2D eigenvalue weighted by atomic mass is 35.5. The summed E-state index contributed by atoms with van der Waals surface area (Å²) < 4.78 is 17.8. The summed E-state index contributed by atoms with van der Waals surface area (Å²) in [6.45, 7) is 5.26. The van der Waals surface area contributed by atoms with Crippen LogP contribution in [0.5, 0.6) is 5.75 Å². The van der Waals surface area contributed by atoms with Gasteiger partial charge in [-0.15, -0.1) is 0 Å². The highest BCUT2D eigenvalue weighted by Crippen LogP contribution is 2.53. The third kappa shape index (κ3) is 3.34. The van der Waals surface area contributed by atoms with Gasteiger partial charge in [-0.3, -0.25) is 0 Å². The number of piperidine rings is 1. The second-order valence-electron chi connectivity index (χ2n) is 8.32. The van der Waals surface area contributed by atoms with Crippen LogP contribution in [0.15, 0.2) is 12.1 Å². The molecule has 7 nitrogen and oxygen atoms in total. The van der Waals surface area contributed by atoms with E-state index in [0.29, 0.717) is 46.8 Å². The molecule has 1 saturated carbocycles. The molecule has 8 heteroatoms. The Morgan fingerprint density at radius 2 is 1.93 bits per heavy atom. The number of methoxy groups -OCH3 is 1. The van der Waals surface area contributed by atoms with E-state index in [0.717, 1.165) is 12.8 Å². The van der Waals surface area contributed by atoms with Gasteiger partial charge in [0.15, 0.2) is 0 Å². The van der Waals surface area contributed by atoms with Crippen LogP contribution in [0.3, 0.4) is 0 Å². The lowest BCUT2D eigenvalue weighted by Crippen LogP contribution is -2.57. The predicted molar refractivity (Wildman–Crippen MR) is 107 cm³/mol. The van der Waals surface area contributed by atoms with Gasteiger partial charge < -0.3 is 24.4 Å². The largest absolute Gasteiger partial charge is 0.465 e. The summed E-state index contributed by atoms with van der Waals surface area (Å²) in [6.07, 6.45) is 1.72. The molecule has 2 aliphatic heterocycles. The number of amides is 2. The normalized spacial score (nSPS) is 32.9.